The van der Waals surface area contributed by atoms with Gasteiger partial charge in [-0.2, -0.15) is 0 Å². The van der Waals surface area contributed by atoms with Crippen LogP contribution in [0, 0.1) is 0 Å². The van der Waals surface area contributed by atoms with Crippen molar-refractivity contribution in [3.8, 4) is 0 Å². The minimum absolute atomic E-state index is 0.206. The summed E-state index contributed by atoms with van der Waals surface area (Å²) in [4.78, 5) is 6.92. The second-order valence-electron chi connectivity index (χ2n) is 2.38. The lowest BCUT2D eigenvalue weighted by molar-refractivity contribution is 0.178. The number of fused-ring (bicyclic) bond motifs is 1. The maximum atomic E-state index is 10.6. The summed E-state index contributed by atoms with van der Waals surface area (Å²) in [7, 11) is 0. The van der Waals surface area contributed by atoms with Crippen molar-refractivity contribution < 1.29 is 5.11 Å². The van der Waals surface area contributed by atoms with Crippen LogP contribution in [0.15, 0.2) is 24.7 Å². The molecule has 0 aliphatic heterocycles. The van der Waals surface area contributed by atoms with Crippen LogP contribution in [-0.2, 0) is 11.7 Å². The van der Waals surface area contributed by atoms with Crippen molar-refractivity contribution in [1.29, 1.82) is 0 Å². The molecule has 0 aliphatic carbocycles. The van der Waals surface area contributed by atoms with Gasteiger partial charge in [0, 0.05) is 23.3 Å². The predicted octanol–water partition coefficient (Wildman–Crippen LogP) is 1.49. The fourth-order valence-electron chi connectivity index (χ4n) is 1.16. The zero-order valence-electron chi connectivity index (χ0n) is 5.87. The molecular weight excluding hydrogens is 140 g/mol. The molecular formula is C8H7N2O. The highest BCUT2D eigenvalue weighted by Gasteiger charge is 1.99. The van der Waals surface area contributed by atoms with Gasteiger partial charge < -0.3 is 4.98 Å². The molecule has 0 spiro atoms. The van der Waals surface area contributed by atoms with Crippen molar-refractivity contribution in [3.63, 3.8) is 0 Å². The van der Waals surface area contributed by atoms with Crippen molar-refractivity contribution in [2.45, 2.75) is 6.61 Å². The summed E-state index contributed by atoms with van der Waals surface area (Å²) in [6.07, 6.45) is 5.14. The summed E-state index contributed by atoms with van der Waals surface area (Å²) < 4.78 is 0. The normalized spacial score (nSPS) is 10.6. The first kappa shape index (κ1) is 6.37. The number of hydrogen-bond acceptors (Lipinski definition) is 1. The molecule has 2 aromatic heterocycles. The van der Waals surface area contributed by atoms with Crippen molar-refractivity contribution in [3.05, 3.63) is 30.2 Å². The van der Waals surface area contributed by atoms with Crippen molar-refractivity contribution in [2.24, 2.45) is 0 Å². The van der Waals surface area contributed by atoms with Crippen LogP contribution in [0.25, 0.3) is 10.9 Å². The van der Waals surface area contributed by atoms with Gasteiger partial charge in [0.15, 0.2) is 0 Å². The smallest absolute Gasteiger partial charge is 0.109 e. The number of rotatable bonds is 1. The first-order chi connectivity index (χ1) is 5.42. The number of nitrogens with zero attached hydrogens (tertiary/aromatic N) is 1. The van der Waals surface area contributed by atoms with Gasteiger partial charge >= 0.3 is 0 Å². The van der Waals surface area contributed by atoms with E-state index in [1.54, 1.807) is 12.4 Å². The van der Waals surface area contributed by atoms with Crippen LogP contribution in [0.5, 0.6) is 0 Å². The maximum Gasteiger partial charge on any atom is 0.109 e. The van der Waals surface area contributed by atoms with Gasteiger partial charge in [-0.15, -0.1) is 0 Å². The average Bonchev–Trinajstić information content (AvgIpc) is 2.50. The third kappa shape index (κ3) is 0.897. The summed E-state index contributed by atoms with van der Waals surface area (Å²) in [6.45, 7) is -0.206. The lowest BCUT2D eigenvalue weighted by Gasteiger charge is -1.94. The molecule has 3 nitrogen and oxygen atoms in total. The SMILES string of the molecule is [O]Cc1cncc2[nH]ccc12. The van der Waals surface area contributed by atoms with Crippen LogP contribution in [0.2, 0.25) is 0 Å². The first-order valence-corrected chi connectivity index (χ1v) is 3.40. The zero-order chi connectivity index (χ0) is 7.68. The number of H-pyrrole nitrogens is 1. The maximum absolute atomic E-state index is 10.6. The van der Waals surface area contributed by atoms with Gasteiger partial charge in [0.1, 0.15) is 6.61 Å². The van der Waals surface area contributed by atoms with Crippen molar-refractivity contribution in [1.82, 2.24) is 9.97 Å². The van der Waals surface area contributed by atoms with Crippen LogP contribution in [0.4, 0.5) is 0 Å². The minimum atomic E-state index is -0.206. The highest BCUT2D eigenvalue weighted by molar-refractivity contribution is 5.81. The molecule has 0 aliphatic rings. The molecule has 0 bridgehead atoms. The Morgan fingerprint density at radius 3 is 3.18 bits per heavy atom. The molecule has 1 radical (unpaired) electrons. The molecule has 2 rings (SSSR count). The highest BCUT2D eigenvalue weighted by atomic mass is 16.3. The topological polar surface area (TPSA) is 48.6 Å². The van der Waals surface area contributed by atoms with E-state index in [0.29, 0.717) is 0 Å². The molecule has 0 saturated heterocycles. The van der Waals surface area contributed by atoms with Crippen molar-refractivity contribution >= 4 is 10.9 Å². The standard InChI is InChI=1S/C8H7N2O/c11-5-6-3-9-4-8-7(6)1-2-10-8/h1-4,10H,5H2. The predicted molar refractivity (Wildman–Crippen MR) is 40.5 cm³/mol. The number of aromatic amines is 1. The second-order valence-corrected chi connectivity index (χ2v) is 2.38. The fourth-order valence-corrected chi connectivity index (χ4v) is 1.16. The van der Waals surface area contributed by atoms with E-state index in [9.17, 15) is 5.11 Å². The monoisotopic (exact) mass is 147 g/mol. The number of hydrogen-bond donors (Lipinski definition) is 1. The molecule has 2 aromatic rings. The summed E-state index contributed by atoms with van der Waals surface area (Å²) in [5.74, 6) is 0. The zero-order valence-corrected chi connectivity index (χ0v) is 5.87. The minimum Gasteiger partial charge on any atom is -0.360 e. The molecule has 0 fully saturated rings. The van der Waals surface area contributed by atoms with Gasteiger partial charge in [-0.3, -0.25) is 4.98 Å². The number of nitrogens with one attached hydrogen (secondary N) is 1. The third-order valence-corrected chi connectivity index (χ3v) is 1.71. The quantitative estimate of drug-likeness (QED) is 0.652. The lowest BCUT2D eigenvalue weighted by Crippen LogP contribution is -1.83. The Bertz CT molecular complexity index is 367. The van der Waals surface area contributed by atoms with E-state index in [1.807, 2.05) is 12.3 Å². The van der Waals surface area contributed by atoms with E-state index in [2.05, 4.69) is 9.97 Å². The van der Waals surface area contributed by atoms with Crippen molar-refractivity contribution in [2.75, 3.05) is 0 Å². The van der Waals surface area contributed by atoms with Gasteiger partial charge in [-0.25, -0.2) is 5.11 Å². The molecule has 0 aromatic carbocycles. The molecule has 2 heterocycles. The van der Waals surface area contributed by atoms with Gasteiger partial charge in [0.05, 0.1) is 11.7 Å². The van der Waals surface area contributed by atoms with Crippen LogP contribution in [0.1, 0.15) is 5.56 Å². The molecule has 55 valence electrons. The lowest BCUT2D eigenvalue weighted by atomic mass is 10.2. The number of aromatic nitrogens is 2. The Balaban J connectivity index is 2.79. The summed E-state index contributed by atoms with van der Waals surface area (Å²) in [6, 6.07) is 1.89. The van der Waals surface area contributed by atoms with Gasteiger partial charge in [-0.1, -0.05) is 0 Å². The molecule has 0 atom stereocenters. The van der Waals surface area contributed by atoms with Crippen LogP contribution < -0.4 is 0 Å². The molecule has 1 N–H and O–H groups in total. The van der Waals surface area contributed by atoms with E-state index < -0.39 is 0 Å². The van der Waals surface area contributed by atoms with E-state index in [1.165, 1.54) is 0 Å². The Hall–Kier alpha value is -1.35. The highest BCUT2D eigenvalue weighted by Crippen LogP contribution is 2.15. The molecule has 0 saturated carbocycles. The fraction of sp³-hybridized carbons (Fsp3) is 0.125. The summed E-state index contributed by atoms with van der Waals surface area (Å²) >= 11 is 0. The van der Waals surface area contributed by atoms with E-state index >= 15 is 0 Å². The molecule has 3 heteroatoms. The molecule has 0 unspecified atom stereocenters. The first-order valence-electron chi connectivity index (χ1n) is 3.40. The Kier molecular flexibility index (Phi) is 1.36. The Morgan fingerprint density at radius 1 is 1.45 bits per heavy atom. The summed E-state index contributed by atoms with van der Waals surface area (Å²) in [5.41, 5.74) is 1.68. The second kappa shape index (κ2) is 2.36. The van der Waals surface area contributed by atoms with Gasteiger partial charge in [-0.05, 0) is 6.07 Å². The number of pyridine rings is 1. The van der Waals surface area contributed by atoms with Crippen LogP contribution in [-0.4, -0.2) is 9.97 Å². The largest absolute Gasteiger partial charge is 0.360 e. The van der Waals surface area contributed by atoms with Gasteiger partial charge in [0.2, 0.25) is 0 Å². The Labute approximate surface area is 63.7 Å². The summed E-state index contributed by atoms with van der Waals surface area (Å²) in [5, 5.41) is 11.6. The van der Waals surface area contributed by atoms with Crippen LogP contribution >= 0.6 is 0 Å². The van der Waals surface area contributed by atoms with E-state index in [0.717, 1.165) is 16.5 Å². The Morgan fingerprint density at radius 2 is 2.36 bits per heavy atom. The third-order valence-electron chi connectivity index (χ3n) is 1.71. The van der Waals surface area contributed by atoms with Gasteiger partial charge in [0.25, 0.3) is 0 Å². The van der Waals surface area contributed by atoms with E-state index in [-0.39, 0.29) is 6.61 Å². The van der Waals surface area contributed by atoms with Crippen LogP contribution in [0.3, 0.4) is 0 Å². The molecule has 0 amide bonds. The molecule has 11 heavy (non-hydrogen) atoms. The average molecular weight is 147 g/mol. The van der Waals surface area contributed by atoms with E-state index in [4.69, 9.17) is 0 Å².